The molecule has 1 N–H and O–H groups in total. The van der Waals surface area contributed by atoms with E-state index in [9.17, 15) is 9.59 Å². The van der Waals surface area contributed by atoms with Gasteiger partial charge in [-0.1, -0.05) is 36.4 Å². The Morgan fingerprint density at radius 1 is 1.06 bits per heavy atom. The van der Waals surface area contributed by atoms with Gasteiger partial charge in [-0.2, -0.15) is 0 Å². The Bertz CT molecular complexity index is 1060. The Balaban J connectivity index is 1.50. The zero-order valence-electron chi connectivity index (χ0n) is 17.5. The molecule has 1 aromatic carbocycles. The van der Waals surface area contributed by atoms with E-state index in [-0.39, 0.29) is 17.9 Å². The first kappa shape index (κ1) is 20.7. The lowest BCUT2D eigenvalue weighted by Gasteiger charge is -2.34. The van der Waals surface area contributed by atoms with Gasteiger partial charge in [0.1, 0.15) is 5.69 Å². The van der Waals surface area contributed by atoms with E-state index in [1.54, 1.807) is 36.4 Å². The highest BCUT2D eigenvalue weighted by atomic mass is 16.2. The van der Waals surface area contributed by atoms with Crippen molar-refractivity contribution in [2.24, 2.45) is 0 Å². The van der Waals surface area contributed by atoms with Crippen molar-refractivity contribution in [3.8, 4) is 0 Å². The first-order valence-electron chi connectivity index (χ1n) is 10.5. The van der Waals surface area contributed by atoms with Gasteiger partial charge in [-0.25, -0.2) is 9.97 Å². The fraction of sp³-hybridized carbons (Fsp3) is 0.292. The second kappa shape index (κ2) is 9.47. The molecule has 0 bridgehead atoms. The molecule has 0 aliphatic carbocycles. The Morgan fingerprint density at radius 2 is 1.87 bits per heavy atom. The van der Waals surface area contributed by atoms with E-state index < -0.39 is 0 Å². The molecule has 2 amide bonds. The lowest BCUT2D eigenvalue weighted by molar-refractivity contribution is 0.0593. The second-order valence-electron chi connectivity index (χ2n) is 7.62. The Kier molecular flexibility index (Phi) is 6.31. The fourth-order valence-corrected chi connectivity index (χ4v) is 3.82. The van der Waals surface area contributed by atoms with E-state index in [1.807, 2.05) is 36.4 Å². The van der Waals surface area contributed by atoms with Crippen molar-refractivity contribution in [1.82, 2.24) is 25.2 Å². The Labute approximate surface area is 181 Å². The summed E-state index contributed by atoms with van der Waals surface area (Å²) in [5.74, 6) is 0.246. The number of carbonyl (C=O) groups is 2. The molecule has 3 aromatic rings. The molecule has 1 aliphatic heterocycles. The summed E-state index contributed by atoms with van der Waals surface area (Å²) in [5, 5.41) is 2.91. The number of hydrogen-bond donors (Lipinski definition) is 1. The molecular formula is C24H25N5O2. The van der Waals surface area contributed by atoms with Crippen LogP contribution in [0.3, 0.4) is 0 Å². The second-order valence-corrected chi connectivity index (χ2v) is 7.62. The van der Waals surface area contributed by atoms with E-state index in [2.05, 4.69) is 20.3 Å². The lowest BCUT2D eigenvalue weighted by Crippen LogP contribution is -2.39. The summed E-state index contributed by atoms with van der Waals surface area (Å²) in [5.41, 5.74) is 2.49. The zero-order chi connectivity index (χ0) is 21.6. The van der Waals surface area contributed by atoms with Crippen LogP contribution in [0.4, 0.5) is 0 Å². The number of piperidine rings is 1. The van der Waals surface area contributed by atoms with Crippen LogP contribution in [0.25, 0.3) is 0 Å². The van der Waals surface area contributed by atoms with Gasteiger partial charge >= 0.3 is 0 Å². The van der Waals surface area contributed by atoms with Crippen molar-refractivity contribution in [3.05, 3.63) is 89.3 Å². The smallest absolute Gasteiger partial charge is 0.273 e. The summed E-state index contributed by atoms with van der Waals surface area (Å²) in [6.45, 7) is 2.88. The molecule has 0 spiro atoms. The molecule has 7 nitrogen and oxygen atoms in total. The number of nitrogens with zero attached hydrogens (tertiary/aromatic N) is 4. The van der Waals surface area contributed by atoms with Crippen molar-refractivity contribution < 1.29 is 9.59 Å². The number of likely N-dealkylation sites (tertiary alicyclic amines) is 1. The number of amides is 2. The zero-order valence-corrected chi connectivity index (χ0v) is 17.5. The van der Waals surface area contributed by atoms with Gasteiger partial charge in [0.05, 0.1) is 17.3 Å². The molecule has 158 valence electrons. The van der Waals surface area contributed by atoms with Crippen molar-refractivity contribution in [1.29, 1.82) is 0 Å². The minimum absolute atomic E-state index is 0.115. The van der Waals surface area contributed by atoms with E-state index in [0.717, 1.165) is 24.8 Å². The number of aryl methyl sites for hydroxylation is 1. The van der Waals surface area contributed by atoms with Crippen LogP contribution in [0.1, 0.15) is 63.2 Å². The third kappa shape index (κ3) is 4.77. The Morgan fingerprint density at radius 3 is 2.61 bits per heavy atom. The Hall–Kier alpha value is -3.61. The predicted octanol–water partition coefficient (Wildman–Crippen LogP) is 3.48. The fourth-order valence-electron chi connectivity index (χ4n) is 3.82. The number of hydrogen-bond acceptors (Lipinski definition) is 5. The maximum atomic E-state index is 13.0. The summed E-state index contributed by atoms with van der Waals surface area (Å²) in [7, 11) is 0. The average Bonchev–Trinajstić information content (AvgIpc) is 2.83. The SMILES string of the molecule is Cc1nc([C@H]2CCCCN2C(=O)c2ccccn2)ncc1C(=O)NCc1ccccc1. The van der Waals surface area contributed by atoms with Crippen LogP contribution in [-0.2, 0) is 6.54 Å². The molecule has 3 heterocycles. The lowest BCUT2D eigenvalue weighted by atomic mass is 10.0. The molecule has 7 heteroatoms. The maximum Gasteiger partial charge on any atom is 0.273 e. The normalized spacial score (nSPS) is 16.0. The molecule has 0 radical (unpaired) electrons. The van der Waals surface area contributed by atoms with Crippen LogP contribution in [0, 0.1) is 6.92 Å². The van der Waals surface area contributed by atoms with Crippen LogP contribution in [0.2, 0.25) is 0 Å². The minimum atomic E-state index is -0.219. The summed E-state index contributed by atoms with van der Waals surface area (Å²) in [6.07, 6.45) is 5.91. The highest BCUT2D eigenvalue weighted by molar-refractivity contribution is 5.95. The quantitative estimate of drug-likeness (QED) is 0.689. The van der Waals surface area contributed by atoms with Crippen LogP contribution in [-0.4, -0.2) is 38.2 Å². The topological polar surface area (TPSA) is 88.1 Å². The van der Waals surface area contributed by atoms with Gasteiger partial charge in [-0.15, -0.1) is 0 Å². The third-order valence-electron chi connectivity index (χ3n) is 5.48. The molecule has 4 rings (SSSR count). The van der Waals surface area contributed by atoms with E-state index in [0.29, 0.717) is 35.9 Å². The van der Waals surface area contributed by atoms with Crippen molar-refractivity contribution >= 4 is 11.8 Å². The molecule has 0 unspecified atom stereocenters. The van der Waals surface area contributed by atoms with Gasteiger partial charge in [-0.3, -0.25) is 14.6 Å². The molecular weight excluding hydrogens is 390 g/mol. The standard InChI is InChI=1S/C24H25N5O2/c1-17-19(23(30)27-15-18-9-3-2-4-10-18)16-26-22(28-17)21-12-6-8-14-29(21)24(31)20-11-5-7-13-25-20/h2-5,7,9-11,13,16,21H,6,8,12,14-15H2,1H3,(H,27,30)/t21-/m1/s1. The number of carbonyl (C=O) groups excluding carboxylic acids is 2. The van der Waals surface area contributed by atoms with Crippen LogP contribution < -0.4 is 5.32 Å². The summed E-state index contributed by atoms with van der Waals surface area (Å²) >= 11 is 0. The van der Waals surface area contributed by atoms with Gasteiger partial charge in [-0.05, 0) is 43.9 Å². The van der Waals surface area contributed by atoms with Gasteiger partial charge in [0, 0.05) is 25.5 Å². The summed E-state index contributed by atoms with van der Waals surface area (Å²) in [4.78, 5) is 40.7. The number of aromatic nitrogens is 3. The number of pyridine rings is 1. The molecule has 1 aliphatic rings. The van der Waals surface area contributed by atoms with E-state index >= 15 is 0 Å². The van der Waals surface area contributed by atoms with Gasteiger partial charge in [0.25, 0.3) is 11.8 Å². The van der Waals surface area contributed by atoms with Crippen LogP contribution in [0.5, 0.6) is 0 Å². The van der Waals surface area contributed by atoms with Gasteiger partial charge in [0.15, 0.2) is 5.82 Å². The van der Waals surface area contributed by atoms with Gasteiger partial charge < -0.3 is 10.2 Å². The maximum absolute atomic E-state index is 13.0. The molecule has 0 saturated carbocycles. The summed E-state index contributed by atoms with van der Waals surface area (Å²) in [6, 6.07) is 14.8. The van der Waals surface area contributed by atoms with Crippen LogP contribution in [0.15, 0.2) is 60.9 Å². The molecule has 1 atom stereocenters. The average molecular weight is 415 g/mol. The highest BCUT2D eigenvalue weighted by Gasteiger charge is 2.31. The number of benzene rings is 1. The largest absolute Gasteiger partial charge is 0.348 e. The molecule has 31 heavy (non-hydrogen) atoms. The monoisotopic (exact) mass is 415 g/mol. The summed E-state index contributed by atoms with van der Waals surface area (Å²) < 4.78 is 0. The highest BCUT2D eigenvalue weighted by Crippen LogP contribution is 2.30. The molecule has 1 saturated heterocycles. The van der Waals surface area contributed by atoms with Crippen molar-refractivity contribution in [2.75, 3.05) is 6.54 Å². The number of rotatable bonds is 5. The van der Waals surface area contributed by atoms with Crippen LogP contribution >= 0.6 is 0 Å². The first-order valence-corrected chi connectivity index (χ1v) is 10.5. The molecule has 2 aromatic heterocycles. The molecule has 1 fully saturated rings. The number of nitrogens with one attached hydrogen (secondary N) is 1. The first-order chi connectivity index (χ1) is 15.1. The van der Waals surface area contributed by atoms with Crippen molar-refractivity contribution in [2.45, 2.75) is 38.8 Å². The minimum Gasteiger partial charge on any atom is -0.348 e. The van der Waals surface area contributed by atoms with Gasteiger partial charge in [0.2, 0.25) is 0 Å². The third-order valence-corrected chi connectivity index (χ3v) is 5.48. The predicted molar refractivity (Wildman–Crippen MR) is 116 cm³/mol. The van der Waals surface area contributed by atoms with E-state index in [4.69, 9.17) is 0 Å². The van der Waals surface area contributed by atoms with E-state index in [1.165, 1.54) is 0 Å². The van der Waals surface area contributed by atoms with Crippen molar-refractivity contribution in [3.63, 3.8) is 0 Å².